The Kier molecular flexibility index (Phi) is 7.00. The number of nitrogens with one attached hydrogen (secondary N) is 2. The number of likely N-dealkylation sites (N-methyl/N-ethyl adjacent to an activating group) is 1. The van der Waals surface area contributed by atoms with Crippen LogP contribution in [0.4, 0.5) is 23.1 Å². The van der Waals surface area contributed by atoms with Crippen molar-refractivity contribution in [2.75, 3.05) is 48.3 Å². The molecule has 1 aliphatic carbocycles. The largest absolute Gasteiger partial charge is 0.369 e. The van der Waals surface area contributed by atoms with E-state index >= 15 is 0 Å². The summed E-state index contributed by atoms with van der Waals surface area (Å²) in [6.07, 6.45) is 9.79. The van der Waals surface area contributed by atoms with Gasteiger partial charge >= 0.3 is 0 Å². The average molecular weight is 418 g/mol. The fraction of sp³-hybridized carbons (Fsp3) is 0.458. The molecule has 0 amide bonds. The van der Waals surface area contributed by atoms with Crippen molar-refractivity contribution in [2.24, 2.45) is 0 Å². The summed E-state index contributed by atoms with van der Waals surface area (Å²) in [6.45, 7) is 7.72. The quantitative estimate of drug-likeness (QED) is 0.652. The summed E-state index contributed by atoms with van der Waals surface area (Å²) in [4.78, 5) is 14.1. The van der Waals surface area contributed by atoms with Crippen LogP contribution in [-0.2, 0) is 0 Å². The first kappa shape index (κ1) is 21.1. The van der Waals surface area contributed by atoms with Gasteiger partial charge in [-0.3, -0.25) is 0 Å². The van der Waals surface area contributed by atoms with E-state index in [9.17, 15) is 0 Å². The van der Waals surface area contributed by atoms with Gasteiger partial charge in [-0.1, -0.05) is 19.8 Å². The van der Waals surface area contributed by atoms with E-state index in [4.69, 9.17) is 10.2 Å². The number of hydrogen-bond acceptors (Lipinski definition) is 7. The topological polar surface area (TPSA) is 80.1 Å². The Morgan fingerprint density at radius 3 is 2.55 bits per heavy atom. The van der Waals surface area contributed by atoms with Crippen molar-refractivity contribution in [3.05, 3.63) is 42.1 Å². The smallest absolute Gasteiger partial charge is 0.229 e. The van der Waals surface area contributed by atoms with Gasteiger partial charge in [0, 0.05) is 61.4 Å². The minimum Gasteiger partial charge on any atom is -0.369 e. The molecular weight excluding hydrogens is 386 g/mol. The van der Waals surface area contributed by atoms with E-state index in [-0.39, 0.29) is 0 Å². The molecule has 0 unspecified atom stereocenters. The number of nitrogens with zero attached hydrogens (tertiary/aromatic N) is 5. The molecule has 1 aromatic heterocycles. The highest BCUT2D eigenvalue weighted by atomic mass is 15.3. The van der Waals surface area contributed by atoms with E-state index < -0.39 is 0 Å². The van der Waals surface area contributed by atoms with Crippen molar-refractivity contribution in [3.63, 3.8) is 0 Å². The van der Waals surface area contributed by atoms with Crippen molar-refractivity contribution >= 4 is 29.2 Å². The number of allylic oxidation sites excluding steroid dienone is 1. The van der Waals surface area contributed by atoms with Crippen molar-refractivity contribution in [2.45, 2.75) is 38.6 Å². The molecule has 0 bridgehead atoms. The highest BCUT2D eigenvalue weighted by molar-refractivity contribution is 5.67. The second kappa shape index (κ2) is 10.3. The van der Waals surface area contributed by atoms with Gasteiger partial charge in [0.25, 0.3) is 0 Å². The van der Waals surface area contributed by atoms with E-state index in [0.29, 0.717) is 12.0 Å². The maximum absolute atomic E-state index is 8.88. The molecule has 0 spiro atoms. The van der Waals surface area contributed by atoms with Gasteiger partial charge in [-0.2, -0.15) is 10.2 Å². The standard InChI is InChI=1S/C24H31N7/c1-2-30-14-16-31(17-15-30)22-11-9-21(10-12-22)28-24-26-18-19(6-5-13-25)23(29-24)27-20-7-3-4-8-20/h5-6,9-12,18,20H,2-4,7-8,14-17H2,1H3,(H2,26,27,28,29)/b6-5+. The summed E-state index contributed by atoms with van der Waals surface area (Å²) in [7, 11) is 0. The Hall–Kier alpha value is -3.11. The Balaban J connectivity index is 1.44. The van der Waals surface area contributed by atoms with Gasteiger partial charge in [0.05, 0.1) is 6.07 Å². The molecule has 2 aromatic rings. The number of nitriles is 1. The molecule has 1 aromatic carbocycles. The minimum atomic E-state index is 0.435. The lowest BCUT2D eigenvalue weighted by molar-refractivity contribution is 0.271. The first-order valence-electron chi connectivity index (χ1n) is 11.3. The Morgan fingerprint density at radius 1 is 1.13 bits per heavy atom. The molecule has 1 aliphatic heterocycles. The molecule has 2 heterocycles. The predicted molar refractivity (Wildman–Crippen MR) is 127 cm³/mol. The molecular formula is C24H31N7. The summed E-state index contributed by atoms with van der Waals surface area (Å²) in [6, 6.07) is 11.0. The van der Waals surface area contributed by atoms with Crippen LogP contribution >= 0.6 is 0 Å². The van der Waals surface area contributed by atoms with Crippen molar-refractivity contribution in [1.29, 1.82) is 5.26 Å². The molecule has 2 fully saturated rings. The lowest BCUT2D eigenvalue weighted by Gasteiger charge is -2.35. The molecule has 31 heavy (non-hydrogen) atoms. The third kappa shape index (κ3) is 5.53. The van der Waals surface area contributed by atoms with E-state index in [1.807, 2.05) is 6.07 Å². The maximum atomic E-state index is 8.88. The summed E-state index contributed by atoms with van der Waals surface area (Å²) in [5, 5.41) is 15.7. The van der Waals surface area contributed by atoms with E-state index in [1.54, 1.807) is 12.3 Å². The molecule has 1 saturated carbocycles. The lowest BCUT2D eigenvalue weighted by Crippen LogP contribution is -2.46. The fourth-order valence-corrected chi connectivity index (χ4v) is 4.29. The second-order valence-electron chi connectivity index (χ2n) is 8.18. The molecule has 1 saturated heterocycles. The first-order chi connectivity index (χ1) is 15.2. The molecule has 0 atom stereocenters. The third-order valence-electron chi connectivity index (χ3n) is 6.16. The molecule has 7 heteroatoms. The zero-order valence-electron chi connectivity index (χ0n) is 18.2. The number of aromatic nitrogens is 2. The van der Waals surface area contributed by atoms with E-state index in [1.165, 1.54) is 24.6 Å². The first-order valence-corrected chi connectivity index (χ1v) is 11.3. The third-order valence-corrected chi connectivity index (χ3v) is 6.16. The Morgan fingerprint density at radius 2 is 1.87 bits per heavy atom. The monoisotopic (exact) mass is 417 g/mol. The number of benzene rings is 1. The minimum absolute atomic E-state index is 0.435. The molecule has 7 nitrogen and oxygen atoms in total. The normalized spacial score (nSPS) is 17.7. The zero-order chi connectivity index (χ0) is 21.5. The highest BCUT2D eigenvalue weighted by Crippen LogP contribution is 2.26. The molecule has 2 aliphatic rings. The van der Waals surface area contributed by atoms with Crippen LogP contribution in [0.3, 0.4) is 0 Å². The van der Waals surface area contributed by atoms with Crippen LogP contribution in [0.5, 0.6) is 0 Å². The van der Waals surface area contributed by atoms with Crippen LogP contribution < -0.4 is 15.5 Å². The van der Waals surface area contributed by atoms with Gasteiger partial charge in [-0.25, -0.2) is 4.98 Å². The summed E-state index contributed by atoms with van der Waals surface area (Å²) in [5.74, 6) is 1.33. The molecule has 2 N–H and O–H groups in total. The van der Waals surface area contributed by atoms with Crippen LogP contribution in [0.25, 0.3) is 6.08 Å². The van der Waals surface area contributed by atoms with Crippen LogP contribution in [0.15, 0.2) is 36.5 Å². The van der Waals surface area contributed by atoms with Gasteiger partial charge in [-0.05, 0) is 49.7 Å². The van der Waals surface area contributed by atoms with Crippen LogP contribution in [0, 0.1) is 11.3 Å². The number of rotatable bonds is 7. The predicted octanol–water partition coefficient (Wildman–Crippen LogP) is 4.25. The van der Waals surface area contributed by atoms with Crippen LogP contribution in [0.2, 0.25) is 0 Å². The lowest BCUT2D eigenvalue weighted by atomic mass is 10.2. The average Bonchev–Trinajstić information content (AvgIpc) is 3.32. The van der Waals surface area contributed by atoms with Crippen molar-refractivity contribution in [1.82, 2.24) is 14.9 Å². The van der Waals surface area contributed by atoms with E-state index in [0.717, 1.165) is 62.6 Å². The van der Waals surface area contributed by atoms with Gasteiger partial charge < -0.3 is 20.4 Å². The highest BCUT2D eigenvalue weighted by Gasteiger charge is 2.18. The number of anilines is 4. The Bertz CT molecular complexity index is 918. The van der Waals surface area contributed by atoms with Crippen LogP contribution in [-0.4, -0.2) is 53.6 Å². The van der Waals surface area contributed by atoms with Crippen LogP contribution in [0.1, 0.15) is 38.2 Å². The van der Waals surface area contributed by atoms with Crippen molar-refractivity contribution < 1.29 is 0 Å². The molecule has 4 rings (SSSR count). The zero-order valence-corrected chi connectivity index (χ0v) is 18.2. The maximum Gasteiger partial charge on any atom is 0.229 e. The SMILES string of the molecule is CCN1CCN(c2ccc(Nc3ncc(/C=C/C#N)c(NC4CCCC4)n3)cc2)CC1. The van der Waals surface area contributed by atoms with E-state index in [2.05, 4.69) is 56.6 Å². The summed E-state index contributed by atoms with van der Waals surface area (Å²) in [5.41, 5.74) is 3.05. The number of hydrogen-bond donors (Lipinski definition) is 2. The van der Waals surface area contributed by atoms with Gasteiger partial charge in [0.2, 0.25) is 5.95 Å². The molecule has 162 valence electrons. The second-order valence-corrected chi connectivity index (χ2v) is 8.18. The molecule has 0 radical (unpaired) electrons. The van der Waals surface area contributed by atoms with Gasteiger partial charge in [-0.15, -0.1) is 0 Å². The summed E-state index contributed by atoms with van der Waals surface area (Å²) >= 11 is 0. The Labute approximate surface area is 184 Å². The van der Waals surface area contributed by atoms with Crippen molar-refractivity contribution in [3.8, 4) is 6.07 Å². The number of piperazine rings is 1. The van der Waals surface area contributed by atoms with Gasteiger partial charge in [0.1, 0.15) is 5.82 Å². The summed E-state index contributed by atoms with van der Waals surface area (Å²) < 4.78 is 0. The van der Waals surface area contributed by atoms with Gasteiger partial charge in [0.15, 0.2) is 0 Å². The fourth-order valence-electron chi connectivity index (χ4n) is 4.29.